The predicted octanol–water partition coefficient (Wildman–Crippen LogP) is 3.83. The van der Waals surface area contributed by atoms with Crippen LogP contribution in [0.4, 0.5) is 10.2 Å². The van der Waals surface area contributed by atoms with E-state index in [2.05, 4.69) is 25.5 Å². The lowest BCUT2D eigenvalue weighted by molar-refractivity contribution is 0.386. The standard InChI is InChI=1S/C20H25ClFN5O.HI/c1-3-23-20(25-12-14-6-7-18(28-2)17(22)11-14)26-15-8-10-27(13-15)19-16(21)5-4-9-24-19;/h4-7,9,11,15H,3,8,10,12-13H2,1-2H3,(H2,23,25,26);1H. The van der Waals surface area contributed by atoms with Crippen LogP contribution in [-0.4, -0.2) is 43.7 Å². The summed E-state index contributed by atoms with van der Waals surface area (Å²) in [5.41, 5.74) is 0.781. The number of hydrogen-bond acceptors (Lipinski definition) is 4. The molecule has 1 aromatic heterocycles. The number of ether oxygens (including phenoxy) is 1. The van der Waals surface area contributed by atoms with Crippen LogP contribution < -0.4 is 20.3 Å². The molecule has 1 fully saturated rings. The molecule has 1 atom stereocenters. The number of aromatic nitrogens is 1. The second kappa shape index (κ2) is 11.4. The summed E-state index contributed by atoms with van der Waals surface area (Å²) in [6.07, 6.45) is 2.70. The van der Waals surface area contributed by atoms with Gasteiger partial charge >= 0.3 is 0 Å². The highest BCUT2D eigenvalue weighted by atomic mass is 127. The minimum Gasteiger partial charge on any atom is -0.494 e. The first kappa shape index (κ1) is 23.5. The predicted molar refractivity (Wildman–Crippen MR) is 126 cm³/mol. The van der Waals surface area contributed by atoms with Crippen molar-refractivity contribution in [1.29, 1.82) is 0 Å². The zero-order valence-corrected chi connectivity index (χ0v) is 19.6. The Kier molecular flexibility index (Phi) is 9.22. The molecule has 3 rings (SSSR count). The van der Waals surface area contributed by atoms with E-state index in [1.165, 1.54) is 13.2 Å². The van der Waals surface area contributed by atoms with Crippen molar-refractivity contribution >= 4 is 47.4 Å². The first-order valence-corrected chi connectivity index (χ1v) is 9.71. The van der Waals surface area contributed by atoms with Crippen LogP contribution in [0.3, 0.4) is 0 Å². The first-order valence-electron chi connectivity index (χ1n) is 9.33. The zero-order valence-electron chi connectivity index (χ0n) is 16.5. The van der Waals surface area contributed by atoms with Gasteiger partial charge in [-0.15, -0.1) is 24.0 Å². The Bertz CT molecular complexity index is 838. The van der Waals surface area contributed by atoms with E-state index in [0.29, 0.717) is 17.5 Å². The molecule has 1 aromatic carbocycles. The molecule has 1 unspecified atom stereocenters. The fourth-order valence-electron chi connectivity index (χ4n) is 3.17. The minimum absolute atomic E-state index is 0. The van der Waals surface area contributed by atoms with Gasteiger partial charge < -0.3 is 20.3 Å². The summed E-state index contributed by atoms with van der Waals surface area (Å²) < 4.78 is 18.8. The van der Waals surface area contributed by atoms with Crippen molar-refractivity contribution in [2.24, 2.45) is 4.99 Å². The molecule has 2 heterocycles. The number of pyridine rings is 1. The lowest BCUT2D eigenvalue weighted by Crippen LogP contribution is -2.44. The number of guanidine groups is 1. The van der Waals surface area contributed by atoms with E-state index in [1.807, 2.05) is 25.1 Å². The van der Waals surface area contributed by atoms with E-state index in [-0.39, 0.29) is 41.6 Å². The van der Waals surface area contributed by atoms with Crippen LogP contribution in [0.1, 0.15) is 18.9 Å². The summed E-state index contributed by atoms with van der Waals surface area (Å²) in [6, 6.07) is 8.79. The van der Waals surface area contributed by atoms with Crippen molar-refractivity contribution in [3.05, 3.63) is 52.9 Å². The molecule has 1 aliphatic heterocycles. The van der Waals surface area contributed by atoms with Gasteiger partial charge in [0.05, 0.1) is 18.7 Å². The van der Waals surface area contributed by atoms with E-state index < -0.39 is 0 Å². The van der Waals surface area contributed by atoms with Gasteiger partial charge in [-0.25, -0.2) is 14.4 Å². The Labute approximate surface area is 192 Å². The molecule has 0 spiro atoms. The summed E-state index contributed by atoms with van der Waals surface area (Å²) in [5.74, 6) is 1.37. The molecule has 0 bridgehead atoms. The normalized spacial score (nSPS) is 16.3. The molecule has 6 nitrogen and oxygen atoms in total. The van der Waals surface area contributed by atoms with Gasteiger partial charge in [-0.2, -0.15) is 0 Å². The molecule has 0 aliphatic carbocycles. The Morgan fingerprint density at radius 3 is 2.93 bits per heavy atom. The third-order valence-corrected chi connectivity index (χ3v) is 4.84. The second-order valence-electron chi connectivity index (χ2n) is 6.55. The highest BCUT2D eigenvalue weighted by Crippen LogP contribution is 2.25. The lowest BCUT2D eigenvalue weighted by Gasteiger charge is -2.20. The van der Waals surface area contributed by atoms with Gasteiger partial charge in [0, 0.05) is 31.9 Å². The van der Waals surface area contributed by atoms with Gasteiger partial charge in [0.15, 0.2) is 17.5 Å². The van der Waals surface area contributed by atoms with Crippen LogP contribution in [0.5, 0.6) is 5.75 Å². The van der Waals surface area contributed by atoms with Crippen molar-refractivity contribution in [3.8, 4) is 5.75 Å². The lowest BCUT2D eigenvalue weighted by atomic mass is 10.2. The molecule has 2 N–H and O–H groups in total. The van der Waals surface area contributed by atoms with Crippen molar-refractivity contribution in [2.75, 3.05) is 31.6 Å². The number of nitrogens with one attached hydrogen (secondary N) is 2. The molecule has 1 saturated heterocycles. The maximum Gasteiger partial charge on any atom is 0.191 e. The Balaban J connectivity index is 0.00000300. The SMILES string of the molecule is CCNC(=NCc1ccc(OC)c(F)c1)NC1CCN(c2ncccc2Cl)C1.I. The van der Waals surface area contributed by atoms with Crippen LogP contribution in [0.25, 0.3) is 0 Å². The van der Waals surface area contributed by atoms with Crippen molar-refractivity contribution in [2.45, 2.75) is 25.9 Å². The summed E-state index contributed by atoms with van der Waals surface area (Å²) in [4.78, 5) is 11.1. The molecule has 29 heavy (non-hydrogen) atoms. The topological polar surface area (TPSA) is 61.8 Å². The summed E-state index contributed by atoms with van der Waals surface area (Å²) in [5, 5.41) is 7.35. The Morgan fingerprint density at radius 1 is 1.41 bits per heavy atom. The summed E-state index contributed by atoms with van der Waals surface area (Å²) >= 11 is 6.26. The molecule has 0 radical (unpaired) electrons. The Hall–Kier alpha value is -1.81. The molecule has 0 saturated carbocycles. The van der Waals surface area contributed by atoms with E-state index in [0.717, 1.165) is 37.4 Å². The van der Waals surface area contributed by atoms with Gasteiger partial charge in [0.1, 0.15) is 5.82 Å². The number of halogens is 3. The second-order valence-corrected chi connectivity index (χ2v) is 6.96. The monoisotopic (exact) mass is 533 g/mol. The third kappa shape index (κ3) is 6.33. The van der Waals surface area contributed by atoms with Crippen molar-refractivity contribution in [3.63, 3.8) is 0 Å². The fraction of sp³-hybridized carbons (Fsp3) is 0.400. The smallest absolute Gasteiger partial charge is 0.191 e. The number of anilines is 1. The Morgan fingerprint density at radius 2 is 2.24 bits per heavy atom. The van der Waals surface area contributed by atoms with Crippen LogP contribution in [0.15, 0.2) is 41.5 Å². The first-order chi connectivity index (χ1) is 13.6. The molecular formula is C20H26ClFIN5O. The molecule has 9 heteroatoms. The number of methoxy groups -OCH3 is 1. The highest BCUT2D eigenvalue weighted by Gasteiger charge is 2.25. The van der Waals surface area contributed by atoms with Crippen molar-refractivity contribution in [1.82, 2.24) is 15.6 Å². The van der Waals surface area contributed by atoms with E-state index in [4.69, 9.17) is 16.3 Å². The average Bonchev–Trinajstić information content (AvgIpc) is 3.15. The molecule has 0 amide bonds. The largest absolute Gasteiger partial charge is 0.494 e. The number of rotatable bonds is 6. The van der Waals surface area contributed by atoms with E-state index in [9.17, 15) is 4.39 Å². The van der Waals surface area contributed by atoms with E-state index in [1.54, 1.807) is 12.3 Å². The maximum absolute atomic E-state index is 13.9. The van der Waals surface area contributed by atoms with Gasteiger partial charge in [-0.05, 0) is 43.2 Å². The van der Waals surface area contributed by atoms with Crippen LogP contribution in [-0.2, 0) is 6.54 Å². The zero-order chi connectivity index (χ0) is 19.9. The van der Waals surface area contributed by atoms with Gasteiger partial charge in [-0.1, -0.05) is 17.7 Å². The summed E-state index contributed by atoms with van der Waals surface area (Å²) in [7, 11) is 1.45. The number of hydrogen-bond donors (Lipinski definition) is 2. The van der Waals surface area contributed by atoms with Crippen LogP contribution in [0.2, 0.25) is 5.02 Å². The van der Waals surface area contributed by atoms with Crippen molar-refractivity contribution < 1.29 is 9.13 Å². The van der Waals surface area contributed by atoms with Crippen LogP contribution in [0, 0.1) is 5.82 Å². The third-order valence-electron chi connectivity index (χ3n) is 4.55. The van der Waals surface area contributed by atoms with E-state index >= 15 is 0 Å². The fourth-order valence-corrected chi connectivity index (χ4v) is 3.41. The van der Waals surface area contributed by atoms with Gasteiger partial charge in [0.2, 0.25) is 0 Å². The maximum atomic E-state index is 13.9. The highest BCUT2D eigenvalue weighted by molar-refractivity contribution is 14.0. The van der Waals surface area contributed by atoms with Crippen LogP contribution >= 0.6 is 35.6 Å². The quantitative estimate of drug-likeness (QED) is 0.336. The number of aliphatic imine (C=N–C) groups is 1. The number of benzene rings is 1. The molecule has 158 valence electrons. The minimum atomic E-state index is -0.383. The number of nitrogens with zero attached hydrogens (tertiary/aromatic N) is 3. The molecule has 2 aromatic rings. The summed E-state index contributed by atoms with van der Waals surface area (Å²) in [6.45, 7) is 4.79. The van der Waals surface area contributed by atoms with Gasteiger partial charge in [-0.3, -0.25) is 0 Å². The average molecular weight is 534 g/mol. The molecular weight excluding hydrogens is 508 g/mol. The van der Waals surface area contributed by atoms with Gasteiger partial charge in [0.25, 0.3) is 0 Å². The molecule has 1 aliphatic rings.